The lowest BCUT2D eigenvalue weighted by molar-refractivity contribution is -0.122. The van der Waals surface area contributed by atoms with Gasteiger partial charge in [0.1, 0.15) is 6.04 Å². The molecule has 0 aliphatic heterocycles. The first-order chi connectivity index (χ1) is 10.6. The van der Waals surface area contributed by atoms with E-state index in [1.807, 2.05) is 29.6 Å². The molecule has 1 heterocycles. The number of rotatable bonds is 6. The van der Waals surface area contributed by atoms with E-state index in [4.69, 9.17) is 11.6 Å². The zero-order chi connectivity index (χ0) is 15.9. The molecule has 116 valence electrons. The van der Waals surface area contributed by atoms with E-state index in [0.29, 0.717) is 22.9 Å². The molecule has 1 unspecified atom stereocenters. The van der Waals surface area contributed by atoms with Crippen molar-refractivity contribution in [2.24, 2.45) is 0 Å². The van der Waals surface area contributed by atoms with Crippen LogP contribution in [0.15, 0.2) is 41.8 Å². The molecule has 1 aromatic heterocycles. The van der Waals surface area contributed by atoms with Crippen molar-refractivity contribution in [3.05, 3.63) is 57.2 Å². The lowest BCUT2D eigenvalue weighted by Gasteiger charge is -2.13. The standard InChI is InChI=1S/C16H17ClN2O2S/c1-11(19-16(21)14-3-2-10-22-14)15(20)18-9-8-12-4-6-13(17)7-5-12/h2-7,10-11H,8-9H2,1H3,(H,18,20)(H,19,21). The molecule has 2 rings (SSSR count). The Morgan fingerprint density at radius 3 is 2.59 bits per heavy atom. The Labute approximate surface area is 138 Å². The normalized spacial score (nSPS) is 11.7. The second-order valence-corrected chi connectivity index (χ2v) is 6.22. The van der Waals surface area contributed by atoms with Gasteiger partial charge in [0.25, 0.3) is 5.91 Å². The van der Waals surface area contributed by atoms with Gasteiger partial charge in [0, 0.05) is 11.6 Å². The predicted octanol–water partition coefficient (Wildman–Crippen LogP) is 2.88. The molecule has 2 aromatic rings. The number of thiophene rings is 1. The minimum Gasteiger partial charge on any atom is -0.354 e. The number of halogens is 1. The van der Waals surface area contributed by atoms with Crippen LogP contribution in [0.5, 0.6) is 0 Å². The van der Waals surface area contributed by atoms with Crippen LogP contribution in [0.25, 0.3) is 0 Å². The molecule has 1 atom stereocenters. The van der Waals surface area contributed by atoms with Crippen molar-refractivity contribution in [3.8, 4) is 0 Å². The van der Waals surface area contributed by atoms with Gasteiger partial charge in [0.15, 0.2) is 0 Å². The average Bonchev–Trinajstić information content (AvgIpc) is 3.03. The van der Waals surface area contributed by atoms with Gasteiger partial charge in [-0.05, 0) is 42.5 Å². The molecule has 0 aliphatic carbocycles. The Morgan fingerprint density at radius 1 is 1.23 bits per heavy atom. The Hall–Kier alpha value is -1.85. The van der Waals surface area contributed by atoms with Gasteiger partial charge in [-0.1, -0.05) is 29.8 Å². The first-order valence-electron chi connectivity index (χ1n) is 6.93. The highest BCUT2D eigenvalue weighted by Crippen LogP contribution is 2.10. The van der Waals surface area contributed by atoms with Crippen LogP contribution in [0.3, 0.4) is 0 Å². The summed E-state index contributed by atoms with van der Waals surface area (Å²) in [5, 5.41) is 8.01. The molecule has 0 saturated heterocycles. The van der Waals surface area contributed by atoms with Gasteiger partial charge >= 0.3 is 0 Å². The summed E-state index contributed by atoms with van der Waals surface area (Å²) in [4.78, 5) is 24.4. The number of benzene rings is 1. The zero-order valence-electron chi connectivity index (χ0n) is 12.1. The molecule has 0 fully saturated rings. The van der Waals surface area contributed by atoms with Crippen LogP contribution in [-0.4, -0.2) is 24.4 Å². The fraction of sp³-hybridized carbons (Fsp3) is 0.250. The van der Waals surface area contributed by atoms with E-state index in [2.05, 4.69) is 10.6 Å². The summed E-state index contributed by atoms with van der Waals surface area (Å²) in [6, 6.07) is 10.5. The molecular weight excluding hydrogens is 320 g/mol. The number of nitrogens with one attached hydrogen (secondary N) is 2. The topological polar surface area (TPSA) is 58.2 Å². The van der Waals surface area contributed by atoms with Crippen molar-refractivity contribution in [2.45, 2.75) is 19.4 Å². The van der Waals surface area contributed by atoms with E-state index in [1.54, 1.807) is 19.1 Å². The number of hydrogen-bond donors (Lipinski definition) is 2. The molecule has 0 bridgehead atoms. The van der Waals surface area contributed by atoms with Crippen LogP contribution >= 0.6 is 22.9 Å². The maximum Gasteiger partial charge on any atom is 0.261 e. The van der Waals surface area contributed by atoms with Crippen molar-refractivity contribution in [2.75, 3.05) is 6.54 Å². The third-order valence-electron chi connectivity index (χ3n) is 3.11. The zero-order valence-corrected chi connectivity index (χ0v) is 13.7. The molecule has 2 amide bonds. The van der Waals surface area contributed by atoms with E-state index in [0.717, 1.165) is 5.56 Å². The van der Waals surface area contributed by atoms with Crippen LogP contribution in [0, 0.1) is 0 Å². The highest BCUT2D eigenvalue weighted by Gasteiger charge is 2.16. The van der Waals surface area contributed by atoms with Crippen molar-refractivity contribution < 1.29 is 9.59 Å². The van der Waals surface area contributed by atoms with E-state index in [9.17, 15) is 9.59 Å². The second kappa shape index (κ2) is 7.96. The molecule has 0 aliphatic rings. The quantitative estimate of drug-likeness (QED) is 0.852. The van der Waals surface area contributed by atoms with Gasteiger partial charge in [-0.25, -0.2) is 0 Å². The molecule has 0 radical (unpaired) electrons. The summed E-state index contributed by atoms with van der Waals surface area (Å²) in [7, 11) is 0. The van der Waals surface area contributed by atoms with Crippen molar-refractivity contribution >= 4 is 34.8 Å². The lowest BCUT2D eigenvalue weighted by atomic mass is 10.1. The Bertz CT molecular complexity index is 626. The fourth-order valence-electron chi connectivity index (χ4n) is 1.88. The van der Waals surface area contributed by atoms with Crippen molar-refractivity contribution in [1.82, 2.24) is 10.6 Å². The summed E-state index contributed by atoms with van der Waals surface area (Å²) in [6.45, 7) is 2.18. The summed E-state index contributed by atoms with van der Waals surface area (Å²) >= 11 is 7.17. The van der Waals surface area contributed by atoms with Crippen LogP contribution < -0.4 is 10.6 Å². The molecule has 2 N–H and O–H groups in total. The van der Waals surface area contributed by atoms with Gasteiger partial charge in [0.05, 0.1) is 4.88 Å². The van der Waals surface area contributed by atoms with E-state index >= 15 is 0 Å². The maximum absolute atomic E-state index is 11.9. The second-order valence-electron chi connectivity index (χ2n) is 4.84. The summed E-state index contributed by atoms with van der Waals surface area (Å²) < 4.78 is 0. The Balaban J connectivity index is 1.74. The summed E-state index contributed by atoms with van der Waals surface area (Å²) in [5.74, 6) is -0.422. The maximum atomic E-state index is 11.9. The van der Waals surface area contributed by atoms with Crippen LogP contribution in [0.1, 0.15) is 22.2 Å². The number of carbonyl (C=O) groups excluding carboxylic acids is 2. The molecule has 6 heteroatoms. The van der Waals surface area contributed by atoms with E-state index in [1.165, 1.54) is 11.3 Å². The molecule has 22 heavy (non-hydrogen) atoms. The SMILES string of the molecule is CC(NC(=O)c1cccs1)C(=O)NCCc1ccc(Cl)cc1. The summed E-state index contributed by atoms with van der Waals surface area (Å²) in [6.07, 6.45) is 0.717. The number of amides is 2. The van der Waals surface area contributed by atoms with Crippen molar-refractivity contribution in [3.63, 3.8) is 0 Å². The molecule has 0 saturated carbocycles. The van der Waals surface area contributed by atoms with Crippen LogP contribution in [0.2, 0.25) is 5.02 Å². The third-order valence-corrected chi connectivity index (χ3v) is 4.23. The first kappa shape index (κ1) is 16.5. The number of carbonyl (C=O) groups is 2. The smallest absolute Gasteiger partial charge is 0.261 e. The van der Waals surface area contributed by atoms with Gasteiger partial charge < -0.3 is 10.6 Å². The summed E-state index contributed by atoms with van der Waals surface area (Å²) in [5.41, 5.74) is 1.10. The average molecular weight is 337 g/mol. The number of hydrogen-bond acceptors (Lipinski definition) is 3. The molecule has 1 aromatic carbocycles. The molecule has 4 nitrogen and oxygen atoms in total. The van der Waals surface area contributed by atoms with E-state index in [-0.39, 0.29) is 11.8 Å². The highest BCUT2D eigenvalue weighted by molar-refractivity contribution is 7.12. The van der Waals surface area contributed by atoms with Crippen LogP contribution in [-0.2, 0) is 11.2 Å². The fourth-order valence-corrected chi connectivity index (χ4v) is 2.63. The molecular formula is C16H17ClN2O2S. The Kier molecular flexibility index (Phi) is 5.98. The lowest BCUT2D eigenvalue weighted by Crippen LogP contribution is -2.45. The van der Waals surface area contributed by atoms with Gasteiger partial charge in [0.2, 0.25) is 5.91 Å². The largest absolute Gasteiger partial charge is 0.354 e. The minimum atomic E-state index is -0.570. The highest BCUT2D eigenvalue weighted by atomic mass is 35.5. The monoisotopic (exact) mass is 336 g/mol. The Morgan fingerprint density at radius 2 is 1.95 bits per heavy atom. The van der Waals surface area contributed by atoms with Crippen molar-refractivity contribution in [1.29, 1.82) is 0 Å². The van der Waals surface area contributed by atoms with Crippen LogP contribution in [0.4, 0.5) is 0 Å². The van der Waals surface area contributed by atoms with E-state index < -0.39 is 6.04 Å². The van der Waals surface area contributed by atoms with Gasteiger partial charge in [-0.2, -0.15) is 0 Å². The molecule has 0 spiro atoms. The van der Waals surface area contributed by atoms with Gasteiger partial charge in [-0.15, -0.1) is 11.3 Å². The first-order valence-corrected chi connectivity index (χ1v) is 8.18. The third kappa shape index (κ3) is 4.86. The predicted molar refractivity (Wildman–Crippen MR) is 89.4 cm³/mol. The minimum absolute atomic E-state index is 0.195. The van der Waals surface area contributed by atoms with Gasteiger partial charge in [-0.3, -0.25) is 9.59 Å².